The topological polar surface area (TPSA) is 243 Å². The monoisotopic (exact) mass is 1480 g/mol. The fourth-order valence-corrected chi connectivity index (χ4v) is 12.6. The number of carbonyl (C=O) groups is 5. The molecule has 0 aliphatic carbocycles. The molecule has 21 nitrogen and oxygen atoms in total. The molecular formula is C81H116N2O19Si2. The summed E-state index contributed by atoms with van der Waals surface area (Å²) in [5.41, 5.74) is 2.69. The minimum Gasteiger partial charge on any atom is -0.543 e. The molecule has 104 heavy (non-hydrogen) atoms. The molecule has 23 heteroatoms. The summed E-state index contributed by atoms with van der Waals surface area (Å²) >= 11 is 0. The summed E-state index contributed by atoms with van der Waals surface area (Å²) in [7, 11) is -1.84. The Morgan fingerprint density at radius 3 is 1.29 bits per heavy atom. The number of hydrogen-bond donors (Lipinski definition) is 2. The molecule has 7 rings (SSSR count). The zero-order chi connectivity index (χ0) is 77.6. The highest BCUT2D eigenvalue weighted by Gasteiger charge is 2.44. The summed E-state index contributed by atoms with van der Waals surface area (Å²) in [6.45, 7) is 44.1. The summed E-state index contributed by atoms with van der Waals surface area (Å²) in [6, 6.07) is 21.8. The molecule has 1 fully saturated rings. The molecule has 572 valence electrons. The largest absolute Gasteiger partial charge is 0.543 e. The molecule has 0 unspecified atom stereocenters. The first-order valence-corrected chi connectivity index (χ1v) is 41.8. The average molecular weight is 1480 g/mol. The van der Waals surface area contributed by atoms with Crippen LogP contribution in [0.5, 0.6) is 23.0 Å². The Bertz CT molecular complexity index is 3690. The Morgan fingerprint density at radius 1 is 0.529 bits per heavy atom. The zero-order valence-corrected chi connectivity index (χ0v) is 67.8. The van der Waals surface area contributed by atoms with Crippen LogP contribution in [-0.2, 0) is 51.1 Å². The van der Waals surface area contributed by atoms with Gasteiger partial charge in [-0.2, -0.15) is 0 Å². The van der Waals surface area contributed by atoms with Crippen LogP contribution < -0.4 is 28.1 Å². The third-order valence-corrected chi connectivity index (χ3v) is 27.9. The predicted octanol–water partition coefficient (Wildman–Crippen LogP) is 17.8. The Labute approximate surface area is 619 Å². The zero-order valence-electron chi connectivity index (χ0n) is 65.8. The number of anilines is 2. The van der Waals surface area contributed by atoms with Gasteiger partial charge in [0.1, 0.15) is 82.0 Å². The highest BCUT2D eigenvalue weighted by Crippen LogP contribution is 2.44. The SMILES string of the molecule is CCN(C(=O)OC(C)(C)C)c1cc2c(c(O[Si](C)(C)C(C)(C)C)c1)C(=O)O[C@@H](C)[C@H](C)/C=C\[C@@H](OCc1ccc(OC)cc1)[C@@H](O)[C@@H](O)C/C=C/2.CCN(C(=O)OC(C)(C)C)c1cc2c(c(O[Si](C)(C)C(C)(C)C)c1)C(=O)O[C@@H](C)[C@H](C)/C=C\[C@@H](OCc1ccc(OC)cc1)[C@H]1OC(=O)O[C@H]1C/C=C/2. The number of benzene rings is 4. The van der Waals surface area contributed by atoms with Crippen molar-refractivity contribution in [3.8, 4) is 23.0 Å². The van der Waals surface area contributed by atoms with Crippen molar-refractivity contribution in [2.75, 3.05) is 37.1 Å². The van der Waals surface area contributed by atoms with Gasteiger partial charge in [-0.1, -0.05) is 128 Å². The van der Waals surface area contributed by atoms with E-state index in [2.05, 4.69) is 67.7 Å². The standard InChI is InChI=1S/C41H57NO10Si.C40H59NO9Si/c1-13-42(38(44)51-40(4,5)6)30-23-29-15-14-16-33-36(50-39(45)49-33)32(47-25-28-18-20-31(46-10)21-19-28)22-17-26(2)27(3)48-37(43)35(29)34(24-30)52-53(11,12)41(7,8)9;1-13-41(38(45)49-39(4,5)6)30-23-29-15-14-16-32(42)36(43)33(47-25-28-18-20-31(46-10)21-19-28)22-17-26(2)27(3)48-37(44)35(29)34(24-30)50-51(11,12)40(7,8)9/h14-15,17-24,26-27,32-33,36H,13,16,25H2,1-12H3;14-15,17-24,26-27,32-33,36,42-43H,13,16,25H2,1-12H3/b2*15-14+,22-17-/t26-,27+,32-,33+,36-;26-,27+,32+,33-,36+/m11/s1. The second kappa shape index (κ2) is 35.9. The van der Waals surface area contributed by atoms with Gasteiger partial charge in [-0.05, 0) is 171 Å². The number of aliphatic hydroxyl groups excluding tert-OH is 2. The Kier molecular flexibility index (Phi) is 29.3. The van der Waals surface area contributed by atoms with Crippen molar-refractivity contribution >= 4 is 70.4 Å². The first kappa shape index (κ1) is 85.0. The van der Waals surface area contributed by atoms with Crippen LogP contribution in [0.15, 0.2) is 109 Å². The summed E-state index contributed by atoms with van der Waals surface area (Å²) in [5.74, 6) is 0.410. The first-order chi connectivity index (χ1) is 48.4. The van der Waals surface area contributed by atoms with Gasteiger partial charge in [0.25, 0.3) is 16.6 Å². The van der Waals surface area contributed by atoms with Gasteiger partial charge >= 0.3 is 30.3 Å². The molecule has 3 aliphatic rings. The number of nitrogens with zero attached hydrogens (tertiary/aromatic N) is 2. The lowest BCUT2D eigenvalue weighted by atomic mass is 9.98. The van der Waals surface area contributed by atoms with Gasteiger partial charge in [0.15, 0.2) is 6.10 Å². The van der Waals surface area contributed by atoms with Crippen LogP contribution in [-0.4, -0.2) is 144 Å². The summed E-state index contributed by atoms with van der Waals surface area (Å²) < 4.78 is 71.7. The quantitative estimate of drug-likeness (QED) is 0.0458. The van der Waals surface area contributed by atoms with Crippen molar-refractivity contribution in [3.63, 3.8) is 0 Å². The van der Waals surface area contributed by atoms with E-state index >= 15 is 0 Å². The number of fused-ring (bicyclic) bond motifs is 3. The third-order valence-electron chi connectivity index (χ3n) is 19.2. The molecule has 10 atom stereocenters. The second-order valence-corrected chi connectivity index (χ2v) is 41.2. The van der Waals surface area contributed by atoms with E-state index in [1.165, 1.54) is 9.80 Å². The van der Waals surface area contributed by atoms with Crippen molar-refractivity contribution in [2.24, 2.45) is 11.8 Å². The van der Waals surface area contributed by atoms with E-state index in [1.807, 2.05) is 128 Å². The second-order valence-electron chi connectivity index (χ2n) is 31.8. The predicted molar refractivity (Wildman–Crippen MR) is 411 cm³/mol. The van der Waals surface area contributed by atoms with Gasteiger partial charge in [0, 0.05) is 43.5 Å². The molecule has 4 aromatic rings. The molecule has 4 aromatic carbocycles. The molecule has 2 N–H and O–H groups in total. The van der Waals surface area contributed by atoms with Crippen LogP contribution in [0.3, 0.4) is 0 Å². The molecule has 3 heterocycles. The number of carbonyl (C=O) groups excluding carboxylic acids is 5. The molecule has 0 spiro atoms. The number of cyclic esters (lactones) is 2. The van der Waals surface area contributed by atoms with E-state index in [9.17, 15) is 34.2 Å². The Morgan fingerprint density at radius 2 is 0.913 bits per heavy atom. The fraction of sp³-hybridized carbons (Fsp3) is 0.543. The van der Waals surface area contributed by atoms with Gasteiger partial charge in [0.2, 0.25) is 0 Å². The van der Waals surface area contributed by atoms with Crippen molar-refractivity contribution < 1.29 is 90.4 Å². The van der Waals surface area contributed by atoms with Crippen molar-refractivity contribution in [1.29, 1.82) is 0 Å². The van der Waals surface area contributed by atoms with E-state index in [4.69, 9.17) is 56.2 Å². The van der Waals surface area contributed by atoms with Crippen LogP contribution in [0, 0.1) is 11.8 Å². The maximum atomic E-state index is 14.3. The first-order valence-electron chi connectivity index (χ1n) is 36.0. The molecule has 0 radical (unpaired) electrons. The Balaban J connectivity index is 0.000000327. The third kappa shape index (κ3) is 23.5. The normalized spacial score (nSPS) is 23.4. The van der Waals surface area contributed by atoms with E-state index in [1.54, 1.807) is 90.5 Å². The summed E-state index contributed by atoms with van der Waals surface area (Å²) in [4.78, 5) is 70.9. The van der Waals surface area contributed by atoms with E-state index in [0.717, 1.165) is 22.6 Å². The van der Waals surface area contributed by atoms with Gasteiger partial charge in [-0.25, -0.2) is 24.0 Å². The van der Waals surface area contributed by atoms with Gasteiger partial charge < -0.3 is 66.4 Å². The van der Waals surface area contributed by atoms with Crippen LogP contribution in [0.25, 0.3) is 12.2 Å². The number of aliphatic hydroxyl groups is 2. The highest BCUT2D eigenvalue weighted by molar-refractivity contribution is 6.75. The van der Waals surface area contributed by atoms with Gasteiger partial charge in [-0.3, -0.25) is 9.80 Å². The number of amides is 2. The van der Waals surface area contributed by atoms with Crippen molar-refractivity contribution in [2.45, 2.75) is 247 Å². The van der Waals surface area contributed by atoms with Gasteiger partial charge in [-0.15, -0.1) is 0 Å². The van der Waals surface area contributed by atoms with Crippen LogP contribution >= 0.6 is 0 Å². The minimum atomic E-state index is -2.53. The molecule has 0 aromatic heterocycles. The van der Waals surface area contributed by atoms with Crippen molar-refractivity contribution in [3.05, 3.63) is 143 Å². The Hall–Kier alpha value is -7.94. The minimum absolute atomic E-state index is 0.0457. The molecule has 0 saturated carbocycles. The van der Waals surface area contributed by atoms with E-state index in [-0.39, 0.29) is 59.1 Å². The number of methoxy groups -OCH3 is 2. The van der Waals surface area contributed by atoms with E-state index < -0.39 is 107 Å². The van der Waals surface area contributed by atoms with Gasteiger partial charge in [0.05, 0.1) is 44.9 Å². The number of hydrogen-bond acceptors (Lipinski definition) is 19. The average Bonchev–Trinajstić information content (AvgIpc) is 0.940. The number of ether oxygens (including phenoxy) is 10. The molecule has 3 aliphatic heterocycles. The summed E-state index contributed by atoms with van der Waals surface area (Å²) in [5, 5.41) is 22.1. The molecule has 1 saturated heterocycles. The lowest BCUT2D eigenvalue weighted by Crippen LogP contribution is -2.44. The van der Waals surface area contributed by atoms with E-state index in [0.29, 0.717) is 47.1 Å². The smallest absolute Gasteiger partial charge is 0.509 e. The maximum absolute atomic E-state index is 14.3. The van der Waals surface area contributed by atoms with Crippen molar-refractivity contribution in [1.82, 2.24) is 0 Å². The molecular weight excluding hydrogens is 1360 g/mol. The summed E-state index contributed by atoms with van der Waals surface area (Å²) in [6.07, 6.45) is 6.15. The molecule has 2 amide bonds. The number of rotatable bonds is 16. The molecule has 0 bridgehead atoms. The lowest BCUT2D eigenvalue weighted by Gasteiger charge is -2.37. The van der Waals surface area contributed by atoms with Crippen LogP contribution in [0.4, 0.5) is 25.8 Å². The maximum Gasteiger partial charge on any atom is 0.509 e. The fourth-order valence-electron chi connectivity index (χ4n) is 10.5. The highest BCUT2D eigenvalue weighted by atomic mass is 28.4. The van der Waals surface area contributed by atoms with Crippen LogP contribution in [0.1, 0.15) is 180 Å². The number of esters is 2. The van der Waals surface area contributed by atoms with Crippen LogP contribution in [0.2, 0.25) is 36.3 Å². The lowest BCUT2D eigenvalue weighted by molar-refractivity contribution is -0.0741.